The lowest BCUT2D eigenvalue weighted by molar-refractivity contribution is 0.506. The Morgan fingerprint density at radius 3 is 0.395 bits per heavy atom. The Labute approximate surface area is 483 Å². The molecule has 1 aromatic carbocycles. The van der Waals surface area contributed by atoms with Gasteiger partial charge in [0.25, 0.3) is 0 Å². The van der Waals surface area contributed by atoms with Gasteiger partial charge in [-0.25, -0.2) is 0 Å². The first kappa shape index (κ1) is 73.2. The maximum atomic E-state index is 2.32. The van der Waals surface area contributed by atoms with Gasteiger partial charge in [0, 0.05) is 0 Å². The molecule has 0 N–H and O–H groups in total. The number of benzene rings is 1. The summed E-state index contributed by atoms with van der Waals surface area (Å²) < 4.78 is 0. The van der Waals surface area contributed by atoms with Crippen LogP contribution in [0.5, 0.6) is 0 Å². The van der Waals surface area contributed by atoms with E-state index in [-0.39, 0.29) is 0 Å². The van der Waals surface area contributed by atoms with E-state index in [0.717, 1.165) is 0 Å². The van der Waals surface area contributed by atoms with Crippen molar-refractivity contribution in [2.45, 2.75) is 450 Å². The van der Waals surface area contributed by atoms with Gasteiger partial charge in [0.2, 0.25) is 0 Å². The zero-order valence-corrected chi connectivity index (χ0v) is 53.2. The Balaban J connectivity index is 1.58. The highest BCUT2D eigenvalue weighted by Crippen LogP contribution is 2.21. The van der Waals surface area contributed by atoms with Gasteiger partial charge in [0.05, 0.1) is 0 Å². The molecular formula is C76H146. The van der Waals surface area contributed by atoms with Crippen molar-refractivity contribution in [2.24, 2.45) is 0 Å². The van der Waals surface area contributed by atoms with Gasteiger partial charge in [0.15, 0.2) is 0 Å². The van der Waals surface area contributed by atoms with Crippen LogP contribution in [0, 0.1) is 0 Å². The summed E-state index contributed by atoms with van der Waals surface area (Å²) in [7, 11) is 0. The summed E-state index contributed by atoms with van der Waals surface area (Å²) in [6, 6.07) is 11.0. The molecule has 0 aliphatic carbocycles. The molecule has 0 aliphatic heterocycles. The minimum atomic E-state index is 1.26. The third-order valence-electron chi connectivity index (χ3n) is 18.2. The van der Waals surface area contributed by atoms with Crippen molar-refractivity contribution < 1.29 is 0 Å². The SMILES string of the molecule is CCCCCCCCCCCCCCCCCCCCCCCCCCCCCCCCCCCCCCCCCCCCCCCCCCCCCCCCCCCCCCCCCCCCCCc1ccccc1. The van der Waals surface area contributed by atoms with Crippen LogP contribution in [0.3, 0.4) is 0 Å². The van der Waals surface area contributed by atoms with Gasteiger partial charge in [-0.2, -0.15) is 0 Å². The van der Waals surface area contributed by atoms with Crippen LogP contribution in [0.2, 0.25) is 0 Å². The van der Waals surface area contributed by atoms with Crippen molar-refractivity contribution >= 4 is 0 Å². The molecule has 0 saturated heterocycles. The molecule has 0 saturated carbocycles. The van der Waals surface area contributed by atoms with Gasteiger partial charge in [-0.15, -0.1) is 0 Å². The minimum absolute atomic E-state index is 1.26. The van der Waals surface area contributed by atoms with Gasteiger partial charge in [-0.3, -0.25) is 0 Å². The first-order valence-electron chi connectivity index (χ1n) is 37.0. The third-order valence-corrected chi connectivity index (χ3v) is 18.2. The van der Waals surface area contributed by atoms with Gasteiger partial charge in [0.1, 0.15) is 0 Å². The van der Waals surface area contributed by atoms with Gasteiger partial charge >= 0.3 is 0 Å². The van der Waals surface area contributed by atoms with Crippen LogP contribution in [0.15, 0.2) is 30.3 Å². The first-order chi connectivity index (χ1) is 37.9. The average Bonchev–Trinajstić information content (AvgIpc) is 3.44. The minimum Gasteiger partial charge on any atom is -0.0654 e. The lowest BCUT2D eigenvalue weighted by Crippen LogP contribution is -1.86. The fraction of sp³-hybridized carbons (Fsp3) is 0.921. The molecule has 76 heavy (non-hydrogen) atoms. The van der Waals surface area contributed by atoms with Crippen molar-refractivity contribution in [1.29, 1.82) is 0 Å². The lowest BCUT2D eigenvalue weighted by Gasteiger charge is -2.05. The van der Waals surface area contributed by atoms with Gasteiger partial charge in [-0.05, 0) is 18.4 Å². The predicted molar refractivity (Wildman–Crippen MR) is 350 cm³/mol. The summed E-state index contributed by atoms with van der Waals surface area (Å²) in [5.74, 6) is 0. The Kier molecular flexibility index (Phi) is 66.0. The summed E-state index contributed by atoms with van der Waals surface area (Å²) in [6.45, 7) is 2.32. The Hall–Kier alpha value is -0.780. The van der Waals surface area contributed by atoms with Crippen LogP contribution in [0.1, 0.15) is 449 Å². The van der Waals surface area contributed by atoms with E-state index in [9.17, 15) is 0 Å². The molecule has 0 atom stereocenters. The van der Waals surface area contributed by atoms with Crippen LogP contribution in [-0.4, -0.2) is 0 Å². The summed E-state index contributed by atoms with van der Waals surface area (Å²) in [4.78, 5) is 0. The molecular weight excluding hydrogens is 913 g/mol. The van der Waals surface area contributed by atoms with Crippen LogP contribution in [0.25, 0.3) is 0 Å². The zero-order valence-electron chi connectivity index (χ0n) is 53.2. The molecule has 0 amide bonds. The molecule has 0 spiro atoms. The van der Waals surface area contributed by atoms with E-state index >= 15 is 0 Å². The maximum absolute atomic E-state index is 2.32. The van der Waals surface area contributed by atoms with Gasteiger partial charge < -0.3 is 0 Å². The highest BCUT2D eigenvalue weighted by Gasteiger charge is 2.01. The largest absolute Gasteiger partial charge is 0.0654 e. The molecule has 0 heteroatoms. The summed E-state index contributed by atoms with van der Waals surface area (Å²) in [6.07, 6.45) is 102. The molecule has 450 valence electrons. The second-order valence-corrected chi connectivity index (χ2v) is 25.9. The number of unbranched alkanes of at least 4 members (excludes halogenated alkanes) is 67. The quantitative estimate of drug-likeness (QED) is 0.0571. The van der Waals surface area contributed by atoms with E-state index in [4.69, 9.17) is 0 Å². The average molecular weight is 1060 g/mol. The van der Waals surface area contributed by atoms with E-state index in [1.807, 2.05) is 0 Å². The van der Waals surface area contributed by atoms with Crippen molar-refractivity contribution in [2.75, 3.05) is 0 Å². The highest BCUT2D eigenvalue weighted by atomic mass is 14.1. The van der Waals surface area contributed by atoms with Crippen molar-refractivity contribution in [3.05, 3.63) is 35.9 Å². The number of hydrogen-bond donors (Lipinski definition) is 0. The summed E-state index contributed by atoms with van der Waals surface area (Å²) in [5.41, 5.74) is 1.51. The van der Waals surface area contributed by atoms with Crippen LogP contribution in [-0.2, 0) is 6.42 Å². The highest BCUT2D eigenvalue weighted by molar-refractivity contribution is 5.14. The molecule has 0 aromatic heterocycles. The molecule has 1 aromatic rings. The third kappa shape index (κ3) is 64.0. The van der Waals surface area contributed by atoms with E-state index in [2.05, 4.69) is 37.3 Å². The molecule has 0 fully saturated rings. The Morgan fingerprint density at radius 2 is 0.263 bits per heavy atom. The number of aryl methyl sites for hydroxylation is 1. The summed E-state index contributed by atoms with van der Waals surface area (Å²) >= 11 is 0. The fourth-order valence-corrected chi connectivity index (χ4v) is 12.7. The van der Waals surface area contributed by atoms with Gasteiger partial charge in [-0.1, -0.05) is 467 Å². The van der Waals surface area contributed by atoms with Crippen molar-refractivity contribution in [1.82, 2.24) is 0 Å². The summed E-state index contributed by atoms with van der Waals surface area (Å²) in [5, 5.41) is 0. The first-order valence-corrected chi connectivity index (χ1v) is 37.0. The smallest absolute Gasteiger partial charge is 0.0279 e. The standard InChI is InChI=1S/C76H146/c1-2-3-4-5-6-7-8-9-10-11-12-13-14-15-16-17-18-19-20-21-22-23-24-25-26-27-28-29-30-31-32-33-34-35-36-37-38-39-40-41-42-43-44-45-46-47-48-49-50-51-52-53-54-55-56-57-58-59-60-61-62-63-64-65-66-67-68-70-73-76-74-71-69-72-75-76/h69,71-72,74-75H,2-68,70,73H2,1H3. The molecule has 1 rings (SSSR count). The van der Waals surface area contributed by atoms with Crippen LogP contribution >= 0.6 is 0 Å². The van der Waals surface area contributed by atoms with Crippen LogP contribution < -0.4 is 0 Å². The van der Waals surface area contributed by atoms with E-state index < -0.39 is 0 Å². The topological polar surface area (TPSA) is 0 Å². The van der Waals surface area contributed by atoms with Crippen LogP contribution in [0.4, 0.5) is 0 Å². The Morgan fingerprint density at radius 1 is 0.145 bits per heavy atom. The molecule has 0 nitrogen and oxygen atoms in total. The second kappa shape index (κ2) is 68.5. The maximum Gasteiger partial charge on any atom is -0.0279 e. The fourth-order valence-electron chi connectivity index (χ4n) is 12.7. The second-order valence-electron chi connectivity index (χ2n) is 25.9. The molecule has 0 heterocycles. The zero-order chi connectivity index (χ0) is 53.9. The molecule has 0 aliphatic rings. The number of rotatable bonds is 69. The normalized spacial score (nSPS) is 11.7. The Bertz CT molecular complexity index is 1100. The van der Waals surface area contributed by atoms with E-state index in [0.29, 0.717) is 0 Å². The van der Waals surface area contributed by atoms with Crippen molar-refractivity contribution in [3.8, 4) is 0 Å². The molecule has 0 unspecified atom stereocenters. The number of hydrogen-bond acceptors (Lipinski definition) is 0. The molecule has 0 radical (unpaired) electrons. The lowest BCUT2D eigenvalue weighted by atomic mass is 10.0. The monoisotopic (exact) mass is 1060 g/mol. The molecule has 0 bridgehead atoms. The van der Waals surface area contributed by atoms with E-state index in [1.165, 1.54) is 449 Å². The van der Waals surface area contributed by atoms with E-state index in [1.54, 1.807) is 0 Å². The predicted octanol–water partition coefficient (Wildman–Crippen LogP) is 28.8. The van der Waals surface area contributed by atoms with Crippen molar-refractivity contribution in [3.63, 3.8) is 0 Å².